The van der Waals surface area contributed by atoms with E-state index in [1.165, 1.54) is 0 Å². The number of carbonyl (C=O) groups is 2. The molecular weight excluding hydrogens is 254 g/mol. The molecule has 0 atom stereocenters. The number of nitrogen functional groups attached to an aromatic ring is 1. The molecule has 0 saturated carbocycles. The molecule has 20 heavy (non-hydrogen) atoms. The highest BCUT2D eigenvalue weighted by Crippen LogP contribution is 2.22. The van der Waals surface area contributed by atoms with Gasteiger partial charge in [-0.15, -0.1) is 0 Å². The Balaban J connectivity index is 2.25. The zero-order valence-electron chi connectivity index (χ0n) is 11.0. The predicted molar refractivity (Wildman–Crippen MR) is 79.6 cm³/mol. The fourth-order valence-electron chi connectivity index (χ4n) is 1.81. The average Bonchev–Trinajstić information content (AvgIpc) is 2.44. The second kappa shape index (κ2) is 5.88. The highest BCUT2D eigenvalue weighted by molar-refractivity contribution is 6.13. The number of hydrogen-bond donors (Lipinski definition) is 2. The molecule has 0 aromatic heterocycles. The maximum Gasteiger partial charge on any atom is 0.333 e. The minimum absolute atomic E-state index is 0.355. The van der Waals surface area contributed by atoms with Crippen LogP contribution >= 0.6 is 0 Å². The number of anilines is 3. The molecule has 0 heterocycles. The molecule has 5 heteroatoms. The number of amides is 3. The maximum atomic E-state index is 12.2. The normalized spacial score (nSPS) is 9.85. The SMILES string of the molecule is Cc1ccccc1NC(=O)N(C=O)c1ccccc1N. The third-order valence-corrected chi connectivity index (χ3v) is 2.91. The number of urea groups is 1. The molecule has 0 unspecified atom stereocenters. The minimum Gasteiger partial charge on any atom is -0.397 e. The lowest BCUT2D eigenvalue weighted by molar-refractivity contribution is -0.106. The van der Waals surface area contributed by atoms with Gasteiger partial charge in [-0.2, -0.15) is 0 Å². The van der Waals surface area contributed by atoms with Crippen LogP contribution in [0.3, 0.4) is 0 Å². The van der Waals surface area contributed by atoms with Crippen molar-refractivity contribution in [1.29, 1.82) is 0 Å². The Morgan fingerprint density at radius 2 is 1.80 bits per heavy atom. The average molecular weight is 269 g/mol. The van der Waals surface area contributed by atoms with Crippen LogP contribution in [0.25, 0.3) is 0 Å². The van der Waals surface area contributed by atoms with Gasteiger partial charge in [0.15, 0.2) is 0 Å². The number of imide groups is 1. The van der Waals surface area contributed by atoms with E-state index in [1.807, 2.05) is 25.1 Å². The van der Waals surface area contributed by atoms with Crippen molar-refractivity contribution in [2.24, 2.45) is 0 Å². The minimum atomic E-state index is -0.549. The van der Waals surface area contributed by atoms with Gasteiger partial charge in [0.25, 0.3) is 0 Å². The van der Waals surface area contributed by atoms with E-state index in [1.54, 1.807) is 30.3 Å². The number of nitrogens with one attached hydrogen (secondary N) is 1. The number of nitrogens with zero attached hydrogens (tertiary/aromatic N) is 1. The Kier molecular flexibility index (Phi) is 4.00. The second-order valence-corrected chi connectivity index (χ2v) is 4.28. The van der Waals surface area contributed by atoms with Crippen molar-refractivity contribution >= 4 is 29.5 Å². The van der Waals surface area contributed by atoms with Gasteiger partial charge in [0.2, 0.25) is 6.41 Å². The molecule has 3 amide bonds. The monoisotopic (exact) mass is 269 g/mol. The van der Waals surface area contributed by atoms with E-state index in [0.717, 1.165) is 10.5 Å². The molecule has 5 nitrogen and oxygen atoms in total. The fourth-order valence-corrected chi connectivity index (χ4v) is 1.81. The van der Waals surface area contributed by atoms with Crippen LogP contribution in [0.2, 0.25) is 0 Å². The van der Waals surface area contributed by atoms with Crippen LogP contribution < -0.4 is 16.0 Å². The molecule has 0 radical (unpaired) electrons. The molecule has 0 aliphatic rings. The largest absolute Gasteiger partial charge is 0.397 e. The summed E-state index contributed by atoms with van der Waals surface area (Å²) < 4.78 is 0. The molecule has 2 rings (SSSR count). The Morgan fingerprint density at radius 3 is 2.45 bits per heavy atom. The third kappa shape index (κ3) is 2.77. The highest BCUT2D eigenvalue weighted by Gasteiger charge is 2.17. The number of benzene rings is 2. The molecular formula is C15H15N3O2. The molecule has 0 spiro atoms. The van der Waals surface area contributed by atoms with Crippen molar-refractivity contribution in [2.75, 3.05) is 16.0 Å². The van der Waals surface area contributed by atoms with E-state index < -0.39 is 6.03 Å². The van der Waals surface area contributed by atoms with Gasteiger partial charge in [0.1, 0.15) is 0 Å². The molecule has 0 aliphatic heterocycles. The van der Waals surface area contributed by atoms with Gasteiger partial charge in [-0.1, -0.05) is 30.3 Å². The summed E-state index contributed by atoms with van der Waals surface area (Å²) in [6, 6.07) is 13.5. The highest BCUT2D eigenvalue weighted by atomic mass is 16.2. The predicted octanol–water partition coefficient (Wildman–Crippen LogP) is 2.77. The van der Waals surface area contributed by atoms with Crippen LogP contribution in [0.1, 0.15) is 5.56 Å². The van der Waals surface area contributed by atoms with Gasteiger partial charge in [-0.05, 0) is 30.7 Å². The van der Waals surface area contributed by atoms with Crippen LogP contribution in [0.15, 0.2) is 48.5 Å². The lowest BCUT2D eigenvalue weighted by Crippen LogP contribution is -2.34. The Bertz CT molecular complexity index is 641. The number of carbonyl (C=O) groups excluding carboxylic acids is 2. The summed E-state index contributed by atoms with van der Waals surface area (Å²) in [4.78, 5) is 24.3. The maximum absolute atomic E-state index is 12.2. The topological polar surface area (TPSA) is 75.4 Å². The van der Waals surface area contributed by atoms with Crippen LogP contribution in [0.4, 0.5) is 21.9 Å². The number of nitrogens with two attached hydrogens (primary N) is 1. The zero-order valence-corrected chi connectivity index (χ0v) is 11.0. The van der Waals surface area contributed by atoms with Crippen molar-refractivity contribution in [3.05, 3.63) is 54.1 Å². The van der Waals surface area contributed by atoms with Gasteiger partial charge in [-0.3, -0.25) is 4.79 Å². The second-order valence-electron chi connectivity index (χ2n) is 4.28. The molecule has 0 bridgehead atoms. The first-order chi connectivity index (χ1) is 9.63. The smallest absolute Gasteiger partial charge is 0.333 e. The number of aryl methyl sites for hydroxylation is 1. The summed E-state index contributed by atoms with van der Waals surface area (Å²) in [5.41, 5.74) is 8.06. The van der Waals surface area contributed by atoms with Crippen molar-refractivity contribution in [1.82, 2.24) is 0 Å². The standard InChI is InChI=1S/C15H15N3O2/c1-11-6-2-4-8-13(11)17-15(20)18(10-19)14-9-5-3-7-12(14)16/h2-10H,16H2,1H3,(H,17,20). The summed E-state index contributed by atoms with van der Waals surface area (Å²) in [7, 11) is 0. The molecule has 0 fully saturated rings. The lowest BCUT2D eigenvalue weighted by Gasteiger charge is -2.18. The van der Waals surface area contributed by atoms with Crippen molar-refractivity contribution in [3.63, 3.8) is 0 Å². The van der Waals surface area contributed by atoms with Crippen LogP contribution in [-0.4, -0.2) is 12.4 Å². The van der Waals surface area contributed by atoms with Crippen molar-refractivity contribution in [2.45, 2.75) is 6.92 Å². The lowest BCUT2D eigenvalue weighted by atomic mass is 10.2. The fraction of sp³-hybridized carbons (Fsp3) is 0.0667. The number of para-hydroxylation sites is 3. The van der Waals surface area contributed by atoms with E-state index in [0.29, 0.717) is 23.5 Å². The quantitative estimate of drug-likeness (QED) is 0.664. The Hall–Kier alpha value is -2.82. The Morgan fingerprint density at radius 1 is 1.15 bits per heavy atom. The van der Waals surface area contributed by atoms with Gasteiger partial charge in [0.05, 0.1) is 11.4 Å². The first-order valence-electron chi connectivity index (χ1n) is 6.09. The summed E-state index contributed by atoms with van der Waals surface area (Å²) >= 11 is 0. The van der Waals surface area contributed by atoms with E-state index in [-0.39, 0.29) is 0 Å². The van der Waals surface area contributed by atoms with Gasteiger partial charge in [-0.25, -0.2) is 9.69 Å². The van der Waals surface area contributed by atoms with E-state index >= 15 is 0 Å². The summed E-state index contributed by atoms with van der Waals surface area (Å²) in [6.07, 6.45) is 0.444. The number of rotatable bonds is 3. The Labute approximate surface area is 117 Å². The third-order valence-electron chi connectivity index (χ3n) is 2.91. The van der Waals surface area contributed by atoms with Gasteiger partial charge in [0, 0.05) is 5.69 Å². The number of hydrogen-bond acceptors (Lipinski definition) is 3. The zero-order chi connectivity index (χ0) is 14.5. The molecule has 2 aromatic carbocycles. The molecule has 0 saturated heterocycles. The first kappa shape index (κ1) is 13.6. The summed E-state index contributed by atoms with van der Waals surface area (Å²) in [5, 5.41) is 2.69. The molecule has 2 aromatic rings. The van der Waals surface area contributed by atoms with Crippen LogP contribution in [0.5, 0.6) is 0 Å². The molecule has 102 valence electrons. The van der Waals surface area contributed by atoms with Gasteiger partial charge < -0.3 is 11.1 Å². The molecule has 3 N–H and O–H groups in total. The van der Waals surface area contributed by atoms with Crippen LogP contribution in [-0.2, 0) is 4.79 Å². The van der Waals surface area contributed by atoms with E-state index in [4.69, 9.17) is 5.73 Å². The van der Waals surface area contributed by atoms with Crippen LogP contribution in [0, 0.1) is 6.92 Å². The first-order valence-corrected chi connectivity index (χ1v) is 6.09. The van der Waals surface area contributed by atoms with Gasteiger partial charge >= 0.3 is 6.03 Å². The van der Waals surface area contributed by atoms with E-state index in [2.05, 4.69) is 5.32 Å². The van der Waals surface area contributed by atoms with Crippen molar-refractivity contribution < 1.29 is 9.59 Å². The molecule has 0 aliphatic carbocycles. The summed E-state index contributed by atoms with van der Waals surface area (Å²) in [5.74, 6) is 0. The summed E-state index contributed by atoms with van der Waals surface area (Å²) in [6.45, 7) is 1.87. The van der Waals surface area contributed by atoms with E-state index in [9.17, 15) is 9.59 Å². The van der Waals surface area contributed by atoms with Crippen molar-refractivity contribution in [3.8, 4) is 0 Å².